The number of nitrogens with one attached hydrogen (secondary N) is 1. The van der Waals surface area contributed by atoms with Gasteiger partial charge in [-0.15, -0.1) is 0 Å². The number of ketones is 1. The van der Waals surface area contributed by atoms with E-state index in [2.05, 4.69) is 15.3 Å². The van der Waals surface area contributed by atoms with Crippen LogP contribution in [0.1, 0.15) is 26.5 Å². The van der Waals surface area contributed by atoms with Gasteiger partial charge in [-0.25, -0.2) is 4.98 Å². The van der Waals surface area contributed by atoms with Crippen LogP contribution in [0.3, 0.4) is 0 Å². The number of fused-ring (bicyclic) bond motifs is 1. The van der Waals surface area contributed by atoms with Crippen LogP contribution >= 0.6 is 11.6 Å². The number of hydrogen-bond donors (Lipinski definition) is 1. The molecule has 150 valence electrons. The van der Waals surface area contributed by atoms with Crippen molar-refractivity contribution in [3.8, 4) is 0 Å². The minimum atomic E-state index is -0.192. The molecular weight excluding hydrogens is 400 g/mol. The van der Waals surface area contributed by atoms with Crippen molar-refractivity contribution in [2.24, 2.45) is 0 Å². The van der Waals surface area contributed by atoms with Gasteiger partial charge in [0.15, 0.2) is 5.78 Å². The first-order chi connectivity index (χ1) is 14.6. The molecule has 0 aliphatic carbocycles. The first-order valence-corrected chi connectivity index (χ1v) is 9.91. The van der Waals surface area contributed by atoms with Gasteiger partial charge in [0.25, 0.3) is 5.91 Å². The molecule has 0 saturated carbocycles. The topological polar surface area (TPSA) is 76.9 Å². The number of Topliss-reactive ketones (excluding diaryl/α,β-unsaturated/α-hetero) is 1. The van der Waals surface area contributed by atoms with E-state index in [1.807, 2.05) is 28.8 Å². The van der Waals surface area contributed by atoms with Gasteiger partial charge in [-0.3, -0.25) is 14.6 Å². The van der Waals surface area contributed by atoms with Crippen LogP contribution in [0.4, 0.5) is 0 Å². The Morgan fingerprint density at radius 3 is 2.53 bits per heavy atom. The number of carbonyl (C=O) groups excluding carboxylic acids is 2. The fourth-order valence-electron chi connectivity index (χ4n) is 3.25. The number of hydrogen-bond acceptors (Lipinski definition) is 4. The summed E-state index contributed by atoms with van der Waals surface area (Å²) in [4.78, 5) is 33.7. The molecule has 0 spiro atoms. The van der Waals surface area contributed by atoms with Crippen molar-refractivity contribution in [1.82, 2.24) is 19.9 Å². The second-order valence-electron chi connectivity index (χ2n) is 6.78. The Morgan fingerprint density at radius 2 is 1.77 bits per heavy atom. The van der Waals surface area contributed by atoms with Gasteiger partial charge in [-0.1, -0.05) is 23.7 Å². The van der Waals surface area contributed by atoms with Gasteiger partial charge in [0, 0.05) is 35.9 Å². The number of benzene rings is 2. The van der Waals surface area contributed by atoms with E-state index in [4.69, 9.17) is 11.6 Å². The molecule has 30 heavy (non-hydrogen) atoms. The van der Waals surface area contributed by atoms with Gasteiger partial charge in [0.2, 0.25) is 0 Å². The number of rotatable bonds is 7. The van der Waals surface area contributed by atoms with E-state index in [9.17, 15) is 9.59 Å². The second kappa shape index (κ2) is 8.88. The second-order valence-corrected chi connectivity index (χ2v) is 7.22. The molecular formula is C23H19ClN4O2. The maximum absolute atomic E-state index is 12.8. The third kappa shape index (κ3) is 4.39. The van der Waals surface area contributed by atoms with Crippen molar-refractivity contribution >= 4 is 34.3 Å². The summed E-state index contributed by atoms with van der Waals surface area (Å²) in [6.07, 6.45) is 3.64. The van der Waals surface area contributed by atoms with Crippen molar-refractivity contribution < 1.29 is 9.59 Å². The van der Waals surface area contributed by atoms with Gasteiger partial charge >= 0.3 is 0 Å². The quantitative estimate of drug-likeness (QED) is 0.461. The molecule has 6 nitrogen and oxygen atoms in total. The normalized spacial score (nSPS) is 10.8. The Hall–Kier alpha value is -3.51. The van der Waals surface area contributed by atoms with Crippen LogP contribution in [0.15, 0.2) is 73.1 Å². The van der Waals surface area contributed by atoms with Crippen LogP contribution in [-0.4, -0.2) is 32.8 Å². The number of imidazole rings is 1. The molecule has 0 fully saturated rings. The van der Waals surface area contributed by atoms with E-state index in [0.29, 0.717) is 29.1 Å². The predicted molar refractivity (Wildman–Crippen MR) is 116 cm³/mol. The first kappa shape index (κ1) is 19.8. The molecule has 4 rings (SSSR count). The van der Waals surface area contributed by atoms with E-state index < -0.39 is 0 Å². The summed E-state index contributed by atoms with van der Waals surface area (Å²) < 4.78 is 1.91. The third-order valence-electron chi connectivity index (χ3n) is 4.76. The van der Waals surface area contributed by atoms with Crippen LogP contribution in [0.5, 0.6) is 0 Å². The average Bonchev–Trinajstić information content (AvgIpc) is 3.12. The predicted octanol–water partition coefficient (Wildman–Crippen LogP) is 3.94. The van der Waals surface area contributed by atoms with Crippen LogP contribution in [-0.2, 0) is 13.0 Å². The molecule has 0 aliphatic heterocycles. The summed E-state index contributed by atoms with van der Waals surface area (Å²) in [6.45, 7) is 0.556. The number of amides is 1. The fourth-order valence-corrected chi connectivity index (χ4v) is 3.38. The van der Waals surface area contributed by atoms with Gasteiger partial charge in [-0.2, -0.15) is 0 Å². The number of aromatic nitrogens is 3. The van der Waals surface area contributed by atoms with Crippen molar-refractivity contribution in [3.05, 3.63) is 95.0 Å². The molecule has 2 aromatic carbocycles. The number of para-hydroxylation sites is 2. The first-order valence-electron chi connectivity index (χ1n) is 9.53. The molecule has 1 N–H and O–H groups in total. The monoisotopic (exact) mass is 418 g/mol. The van der Waals surface area contributed by atoms with Crippen molar-refractivity contribution in [3.63, 3.8) is 0 Å². The van der Waals surface area contributed by atoms with Gasteiger partial charge in [0.1, 0.15) is 5.82 Å². The lowest BCUT2D eigenvalue weighted by atomic mass is 10.1. The van der Waals surface area contributed by atoms with E-state index in [0.717, 1.165) is 16.9 Å². The Labute approximate surface area is 178 Å². The van der Waals surface area contributed by atoms with E-state index in [-0.39, 0.29) is 18.2 Å². The zero-order valence-electron chi connectivity index (χ0n) is 16.1. The highest BCUT2D eigenvalue weighted by molar-refractivity contribution is 6.30. The number of carbonyl (C=O) groups is 2. The van der Waals surface area contributed by atoms with Crippen LogP contribution < -0.4 is 5.32 Å². The summed E-state index contributed by atoms with van der Waals surface area (Å²) in [5, 5.41) is 3.47. The Kier molecular flexibility index (Phi) is 5.86. The van der Waals surface area contributed by atoms with Crippen molar-refractivity contribution in [2.45, 2.75) is 13.0 Å². The minimum Gasteiger partial charge on any atom is -0.352 e. The SMILES string of the molecule is O=C(Cn1c(CCNC(=O)c2cccnc2)nc2ccccc21)c1ccc(Cl)cc1. The van der Waals surface area contributed by atoms with Gasteiger partial charge in [-0.05, 0) is 48.5 Å². The molecule has 0 unspecified atom stereocenters. The molecule has 0 radical (unpaired) electrons. The Morgan fingerprint density at radius 1 is 0.967 bits per heavy atom. The maximum Gasteiger partial charge on any atom is 0.252 e. The smallest absolute Gasteiger partial charge is 0.252 e. The summed E-state index contributed by atoms with van der Waals surface area (Å²) >= 11 is 5.92. The lowest BCUT2D eigenvalue weighted by molar-refractivity contribution is 0.0948. The molecule has 7 heteroatoms. The average molecular weight is 419 g/mol. The summed E-state index contributed by atoms with van der Waals surface area (Å²) in [6, 6.07) is 18.0. The highest BCUT2D eigenvalue weighted by Crippen LogP contribution is 2.18. The van der Waals surface area contributed by atoms with Gasteiger partial charge in [0.05, 0.1) is 23.1 Å². The number of nitrogens with zero attached hydrogens (tertiary/aromatic N) is 3. The molecule has 0 aliphatic rings. The van der Waals surface area contributed by atoms with E-state index in [1.165, 1.54) is 6.20 Å². The largest absolute Gasteiger partial charge is 0.352 e. The molecule has 0 saturated heterocycles. The number of pyridine rings is 1. The molecule has 2 heterocycles. The fraction of sp³-hybridized carbons (Fsp3) is 0.130. The zero-order chi connectivity index (χ0) is 20.9. The van der Waals surface area contributed by atoms with Crippen LogP contribution in [0.25, 0.3) is 11.0 Å². The summed E-state index contributed by atoms with van der Waals surface area (Å²) in [7, 11) is 0. The Balaban J connectivity index is 1.52. The highest BCUT2D eigenvalue weighted by atomic mass is 35.5. The van der Waals surface area contributed by atoms with E-state index >= 15 is 0 Å². The zero-order valence-corrected chi connectivity index (χ0v) is 16.8. The summed E-state index contributed by atoms with van der Waals surface area (Å²) in [5.74, 6) is 0.517. The van der Waals surface area contributed by atoms with Crippen molar-refractivity contribution in [2.75, 3.05) is 6.54 Å². The van der Waals surface area contributed by atoms with E-state index in [1.54, 1.807) is 42.6 Å². The molecule has 0 atom stereocenters. The third-order valence-corrected chi connectivity index (χ3v) is 5.01. The van der Waals surface area contributed by atoms with Crippen LogP contribution in [0, 0.1) is 0 Å². The lowest BCUT2D eigenvalue weighted by Crippen LogP contribution is -2.27. The minimum absolute atomic E-state index is 0.0320. The molecule has 4 aromatic rings. The molecule has 2 aromatic heterocycles. The Bertz CT molecular complexity index is 1190. The molecule has 1 amide bonds. The number of halogens is 1. The van der Waals surface area contributed by atoms with Gasteiger partial charge < -0.3 is 9.88 Å². The standard InChI is InChI=1S/C23H19ClN4O2/c24-18-9-7-16(8-10-18)21(29)15-28-20-6-2-1-5-19(20)27-22(28)11-13-26-23(30)17-4-3-12-25-14-17/h1-10,12,14H,11,13,15H2,(H,26,30). The highest BCUT2D eigenvalue weighted by Gasteiger charge is 2.15. The van der Waals surface area contributed by atoms with Crippen molar-refractivity contribution in [1.29, 1.82) is 0 Å². The van der Waals surface area contributed by atoms with Crippen LogP contribution in [0.2, 0.25) is 5.02 Å². The lowest BCUT2D eigenvalue weighted by Gasteiger charge is -2.10. The maximum atomic E-state index is 12.8. The molecule has 0 bridgehead atoms. The summed E-state index contributed by atoms with van der Waals surface area (Å²) in [5.41, 5.74) is 2.79.